The molecule has 2 aromatic rings. The molecule has 0 spiro atoms. The molecule has 23 heavy (non-hydrogen) atoms. The van der Waals surface area contributed by atoms with Crippen LogP contribution >= 0.6 is 11.6 Å². The molecule has 1 heterocycles. The third-order valence-electron chi connectivity index (χ3n) is 3.09. The van der Waals surface area contributed by atoms with Gasteiger partial charge in [0.25, 0.3) is 5.91 Å². The average molecular weight is 333 g/mol. The molecule has 0 fully saturated rings. The number of esters is 1. The Bertz CT molecular complexity index is 709. The Morgan fingerprint density at radius 3 is 2.39 bits per heavy atom. The summed E-state index contributed by atoms with van der Waals surface area (Å²) in [5, 5.41) is 3.03. The monoisotopic (exact) mass is 332 g/mol. The first-order valence-electron chi connectivity index (χ1n) is 7.07. The van der Waals surface area contributed by atoms with Crippen molar-refractivity contribution >= 4 is 29.3 Å². The number of amides is 1. The molecular formula is C17H17ClN2O3. The van der Waals surface area contributed by atoms with Gasteiger partial charge in [-0.05, 0) is 45.0 Å². The fraction of sp³-hybridized carbons (Fsp3) is 0.235. The quantitative estimate of drug-likeness (QED) is 0.869. The van der Waals surface area contributed by atoms with E-state index in [1.165, 1.54) is 13.1 Å². The van der Waals surface area contributed by atoms with Gasteiger partial charge in [0.2, 0.25) is 0 Å². The van der Waals surface area contributed by atoms with Crippen LogP contribution in [0.25, 0.3) is 0 Å². The Morgan fingerprint density at radius 2 is 1.83 bits per heavy atom. The third-order valence-corrected chi connectivity index (χ3v) is 3.31. The van der Waals surface area contributed by atoms with Crippen LogP contribution in [0, 0.1) is 13.8 Å². The Kier molecular flexibility index (Phi) is 5.34. The molecule has 1 aromatic heterocycles. The van der Waals surface area contributed by atoms with Crippen molar-refractivity contribution in [1.29, 1.82) is 0 Å². The van der Waals surface area contributed by atoms with Gasteiger partial charge in [-0.15, -0.1) is 0 Å². The van der Waals surface area contributed by atoms with Crippen molar-refractivity contribution in [2.45, 2.75) is 26.9 Å². The summed E-state index contributed by atoms with van der Waals surface area (Å²) < 4.78 is 5.20. The molecule has 0 bridgehead atoms. The molecule has 5 nitrogen and oxygen atoms in total. The highest BCUT2D eigenvalue weighted by Crippen LogP contribution is 2.13. The molecule has 0 saturated carbocycles. The summed E-state index contributed by atoms with van der Waals surface area (Å²) in [5.74, 6) is -0.658. The molecule has 2 rings (SSSR count). The fourth-order valence-electron chi connectivity index (χ4n) is 2.05. The van der Waals surface area contributed by atoms with Crippen LogP contribution in [0.4, 0.5) is 5.82 Å². The number of carbonyl (C=O) groups is 2. The van der Waals surface area contributed by atoms with E-state index in [0.29, 0.717) is 16.4 Å². The lowest BCUT2D eigenvalue weighted by Gasteiger charge is -2.13. The SMILES string of the molecule is Cc1cc(C)cc(C(=O)O[C@@H](C)C(=O)Nc2ccc(Cl)cn2)c1. The Morgan fingerprint density at radius 1 is 1.17 bits per heavy atom. The van der Waals surface area contributed by atoms with E-state index < -0.39 is 18.0 Å². The first kappa shape index (κ1) is 17.0. The van der Waals surface area contributed by atoms with Gasteiger partial charge in [0, 0.05) is 6.20 Å². The van der Waals surface area contributed by atoms with Gasteiger partial charge in [0.1, 0.15) is 5.82 Å². The van der Waals surface area contributed by atoms with E-state index >= 15 is 0 Å². The number of ether oxygens (including phenoxy) is 1. The molecular weight excluding hydrogens is 316 g/mol. The topological polar surface area (TPSA) is 68.3 Å². The zero-order valence-electron chi connectivity index (χ0n) is 13.1. The molecule has 1 amide bonds. The fourth-order valence-corrected chi connectivity index (χ4v) is 2.16. The predicted octanol–water partition coefficient (Wildman–Crippen LogP) is 3.54. The molecule has 0 radical (unpaired) electrons. The third kappa shape index (κ3) is 4.79. The van der Waals surface area contributed by atoms with Gasteiger partial charge >= 0.3 is 5.97 Å². The molecule has 0 aliphatic carbocycles. The number of hydrogen-bond donors (Lipinski definition) is 1. The van der Waals surface area contributed by atoms with Crippen molar-refractivity contribution in [2.24, 2.45) is 0 Å². The van der Waals surface area contributed by atoms with Crippen molar-refractivity contribution in [3.05, 3.63) is 58.2 Å². The van der Waals surface area contributed by atoms with Crippen LogP contribution in [-0.2, 0) is 9.53 Å². The van der Waals surface area contributed by atoms with Crippen LogP contribution in [0.5, 0.6) is 0 Å². The van der Waals surface area contributed by atoms with Gasteiger partial charge in [-0.3, -0.25) is 4.79 Å². The maximum atomic E-state index is 12.1. The summed E-state index contributed by atoms with van der Waals surface area (Å²) in [5.41, 5.74) is 2.34. The number of rotatable bonds is 4. The second-order valence-corrected chi connectivity index (χ2v) is 5.71. The van der Waals surface area contributed by atoms with E-state index in [1.54, 1.807) is 24.3 Å². The number of anilines is 1. The lowest BCUT2D eigenvalue weighted by atomic mass is 10.1. The van der Waals surface area contributed by atoms with Crippen LogP contribution in [-0.4, -0.2) is 23.0 Å². The van der Waals surface area contributed by atoms with Crippen LogP contribution in [0.1, 0.15) is 28.4 Å². The largest absolute Gasteiger partial charge is 0.449 e. The van der Waals surface area contributed by atoms with Crippen LogP contribution in [0.15, 0.2) is 36.5 Å². The standard InChI is InChI=1S/C17H17ClN2O3/c1-10-6-11(2)8-13(7-10)17(22)23-12(3)16(21)20-15-5-4-14(18)9-19-15/h4-9,12H,1-3H3,(H,19,20,21)/t12-/m0/s1. The van der Waals surface area contributed by atoms with Crippen molar-refractivity contribution in [2.75, 3.05) is 5.32 Å². The molecule has 6 heteroatoms. The van der Waals surface area contributed by atoms with Crippen LogP contribution in [0.2, 0.25) is 5.02 Å². The number of carbonyl (C=O) groups excluding carboxylic acids is 2. The van der Waals surface area contributed by atoms with Gasteiger partial charge < -0.3 is 10.1 Å². The average Bonchev–Trinajstić information content (AvgIpc) is 2.48. The van der Waals surface area contributed by atoms with E-state index in [9.17, 15) is 9.59 Å². The second-order valence-electron chi connectivity index (χ2n) is 5.27. The van der Waals surface area contributed by atoms with Gasteiger partial charge in [-0.1, -0.05) is 28.8 Å². The Labute approximate surface area is 139 Å². The summed E-state index contributed by atoms with van der Waals surface area (Å²) in [6.07, 6.45) is 0.476. The molecule has 120 valence electrons. The molecule has 0 aliphatic rings. The summed E-state index contributed by atoms with van der Waals surface area (Å²) in [6, 6.07) is 8.58. The first-order chi connectivity index (χ1) is 10.8. The minimum atomic E-state index is -0.944. The number of halogens is 1. The normalized spacial score (nSPS) is 11.7. The van der Waals surface area contributed by atoms with Gasteiger partial charge in [0.05, 0.1) is 10.6 Å². The van der Waals surface area contributed by atoms with Gasteiger partial charge in [0.15, 0.2) is 6.10 Å². The number of aryl methyl sites for hydroxylation is 2. The number of benzene rings is 1. The number of hydrogen-bond acceptors (Lipinski definition) is 4. The zero-order valence-corrected chi connectivity index (χ0v) is 13.8. The van der Waals surface area contributed by atoms with E-state index in [1.807, 2.05) is 19.9 Å². The number of nitrogens with zero attached hydrogens (tertiary/aromatic N) is 1. The smallest absolute Gasteiger partial charge is 0.338 e. The summed E-state index contributed by atoms with van der Waals surface area (Å²) in [7, 11) is 0. The highest BCUT2D eigenvalue weighted by molar-refractivity contribution is 6.30. The molecule has 1 aromatic carbocycles. The van der Waals surface area contributed by atoms with Gasteiger partial charge in [-0.25, -0.2) is 9.78 Å². The molecule has 1 atom stereocenters. The van der Waals surface area contributed by atoms with E-state index in [-0.39, 0.29) is 0 Å². The maximum Gasteiger partial charge on any atom is 0.338 e. The van der Waals surface area contributed by atoms with E-state index in [0.717, 1.165) is 11.1 Å². The van der Waals surface area contributed by atoms with Gasteiger partial charge in [-0.2, -0.15) is 0 Å². The lowest BCUT2D eigenvalue weighted by molar-refractivity contribution is -0.123. The van der Waals surface area contributed by atoms with Crippen molar-refractivity contribution in [3.63, 3.8) is 0 Å². The Balaban J connectivity index is 1.99. The van der Waals surface area contributed by atoms with Crippen LogP contribution in [0.3, 0.4) is 0 Å². The van der Waals surface area contributed by atoms with Crippen molar-refractivity contribution in [1.82, 2.24) is 4.98 Å². The predicted molar refractivity (Wildman–Crippen MR) is 88.7 cm³/mol. The van der Waals surface area contributed by atoms with Crippen molar-refractivity contribution < 1.29 is 14.3 Å². The minimum Gasteiger partial charge on any atom is -0.449 e. The molecule has 0 aliphatic heterocycles. The highest BCUT2D eigenvalue weighted by Gasteiger charge is 2.19. The second kappa shape index (κ2) is 7.24. The first-order valence-corrected chi connectivity index (χ1v) is 7.44. The van der Waals surface area contributed by atoms with E-state index in [4.69, 9.17) is 16.3 Å². The summed E-state index contributed by atoms with van der Waals surface area (Å²) in [6.45, 7) is 5.30. The number of nitrogens with one attached hydrogen (secondary N) is 1. The van der Waals surface area contributed by atoms with Crippen LogP contribution < -0.4 is 5.32 Å². The molecule has 0 unspecified atom stereocenters. The van der Waals surface area contributed by atoms with Crippen molar-refractivity contribution in [3.8, 4) is 0 Å². The molecule has 1 N–H and O–H groups in total. The van der Waals surface area contributed by atoms with E-state index in [2.05, 4.69) is 10.3 Å². The number of aromatic nitrogens is 1. The summed E-state index contributed by atoms with van der Waals surface area (Å²) >= 11 is 5.73. The number of pyridine rings is 1. The molecule has 0 saturated heterocycles. The highest BCUT2D eigenvalue weighted by atomic mass is 35.5. The Hall–Kier alpha value is -2.40. The maximum absolute atomic E-state index is 12.1. The summed E-state index contributed by atoms with van der Waals surface area (Å²) in [4.78, 5) is 28.1. The minimum absolute atomic E-state index is 0.341. The zero-order chi connectivity index (χ0) is 17.0. The lowest BCUT2D eigenvalue weighted by Crippen LogP contribution is -2.30.